The van der Waals surface area contributed by atoms with E-state index in [1.165, 1.54) is 11.3 Å². The Morgan fingerprint density at radius 3 is 3.00 bits per heavy atom. The molecule has 0 aliphatic rings. The van der Waals surface area contributed by atoms with Gasteiger partial charge >= 0.3 is 0 Å². The number of nitrogens with one attached hydrogen (secondary N) is 1. The van der Waals surface area contributed by atoms with E-state index in [0.29, 0.717) is 23.6 Å². The van der Waals surface area contributed by atoms with Crippen LogP contribution in [0.4, 0.5) is 5.69 Å². The highest BCUT2D eigenvalue weighted by Gasteiger charge is 2.14. The largest absolute Gasteiger partial charge is 0.485 e. The fourth-order valence-corrected chi connectivity index (χ4v) is 3.26. The van der Waals surface area contributed by atoms with Crippen molar-refractivity contribution in [3.8, 4) is 5.75 Å². The van der Waals surface area contributed by atoms with Crippen LogP contribution < -0.4 is 10.1 Å². The number of para-hydroxylation sites is 2. The van der Waals surface area contributed by atoms with E-state index < -0.39 is 0 Å². The third kappa shape index (κ3) is 3.16. The number of rotatable bonds is 5. The van der Waals surface area contributed by atoms with E-state index in [1.807, 2.05) is 47.0 Å². The zero-order chi connectivity index (χ0) is 17.9. The minimum Gasteiger partial charge on any atom is -0.485 e. The van der Waals surface area contributed by atoms with Gasteiger partial charge in [-0.15, -0.1) is 11.3 Å². The number of thiazole rings is 1. The zero-order valence-electron chi connectivity index (χ0n) is 14.0. The summed E-state index contributed by atoms with van der Waals surface area (Å²) < 4.78 is 7.71. The van der Waals surface area contributed by atoms with Gasteiger partial charge in [0.25, 0.3) is 5.91 Å². The molecule has 1 N–H and O–H groups in total. The summed E-state index contributed by atoms with van der Waals surface area (Å²) in [5.74, 6) is 0.415. The Balaban J connectivity index is 1.56. The number of pyridine rings is 1. The number of amides is 1. The van der Waals surface area contributed by atoms with Crippen molar-refractivity contribution in [2.24, 2.45) is 0 Å². The van der Waals surface area contributed by atoms with Gasteiger partial charge in [0.2, 0.25) is 0 Å². The summed E-state index contributed by atoms with van der Waals surface area (Å²) in [6.45, 7) is 2.25. The molecule has 3 heterocycles. The number of imidazole rings is 1. The van der Waals surface area contributed by atoms with E-state index in [-0.39, 0.29) is 5.91 Å². The lowest BCUT2D eigenvalue weighted by atomic mass is 10.1. The molecule has 130 valence electrons. The first-order valence-electron chi connectivity index (χ1n) is 8.04. The van der Waals surface area contributed by atoms with Gasteiger partial charge in [-0.2, -0.15) is 0 Å². The maximum atomic E-state index is 12.8. The third-order valence-corrected chi connectivity index (χ3v) is 4.71. The summed E-state index contributed by atoms with van der Waals surface area (Å²) in [4.78, 5) is 21.1. The fourth-order valence-electron chi connectivity index (χ4n) is 2.71. The van der Waals surface area contributed by atoms with E-state index in [1.54, 1.807) is 24.1 Å². The quantitative estimate of drug-likeness (QED) is 0.583. The number of aryl methyl sites for hydroxylation is 1. The molecule has 7 heteroatoms. The van der Waals surface area contributed by atoms with Crippen molar-refractivity contribution < 1.29 is 9.53 Å². The SMILES string of the molecule is Cc1c(C(=O)Nc2ccccc2OCc2cscn2)ccc2cncn12. The molecule has 0 aliphatic carbocycles. The van der Waals surface area contributed by atoms with E-state index in [4.69, 9.17) is 4.74 Å². The predicted molar refractivity (Wildman–Crippen MR) is 101 cm³/mol. The second-order valence-corrected chi connectivity index (χ2v) is 6.46. The molecule has 4 rings (SSSR count). The molecule has 6 nitrogen and oxygen atoms in total. The standard InChI is InChI=1S/C19H16N4O2S/c1-13-16(7-6-15-8-20-11-23(13)15)19(24)22-17-4-2-3-5-18(17)25-9-14-10-26-12-21-14/h2-8,10-12H,9H2,1H3,(H,22,24). The number of ether oxygens (including phenoxy) is 1. The molecule has 0 unspecified atom stereocenters. The van der Waals surface area contributed by atoms with Crippen molar-refractivity contribution in [1.82, 2.24) is 14.4 Å². The van der Waals surface area contributed by atoms with Gasteiger partial charge < -0.3 is 14.5 Å². The lowest BCUT2D eigenvalue weighted by molar-refractivity contribution is 0.102. The molecule has 0 aliphatic heterocycles. The number of fused-ring (bicyclic) bond motifs is 1. The molecule has 26 heavy (non-hydrogen) atoms. The van der Waals surface area contributed by atoms with E-state index >= 15 is 0 Å². The first kappa shape index (κ1) is 16.3. The van der Waals surface area contributed by atoms with Crippen LogP contribution in [0.2, 0.25) is 0 Å². The Bertz CT molecular complexity index is 1060. The summed E-state index contributed by atoms with van der Waals surface area (Å²) in [7, 11) is 0. The number of carbonyl (C=O) groups is 1. The number of benzene rings is 1. The van der Waals surface area contributed by atoms with E-state index in [0.717, 1.165) is 16.9 Å². The van der Waals surface area contributed by atoms with Crippen LogP contribution in [0.3, 0.4) is 0 Å². The molecule has 0 spiro atoms. The predicted octanol–water partition coefficient (Wildman–Crippen LogP) is 3.93. The van der Waals surface area contributed by atoms with Crippen molar-refractivity contribution in [3.05, 3.63) is 76.8 Å². The highest BCUT2D eigenvalue weighted by Crippen LogP contribution is 2.26. The van der Waals surface area contributed by atoms with Crippen LogP contribution in [0, 0.1) is 6.92 Å². The van der Waals surface area contributed by atoms with Crippen molar-refractivity contribution in [1.29, 1.82) is 0 Å². The maximum absolute atomic E-state index is 12.8. The van der Waals surface area contributed by atoms with E-state index in [9.17, 15) is 4.79 Å². The summed E-state index contributed by atoms with van der Waals surface area (Å²) in [5.41, 5.74) is 5.62. The summed E-state index contributed by atoms with van der Waals surface area (Å²) in [6.07, 6.45) is 3.46. The third-order valence-electron chi connectivity index (χ3n) is 4.08. The number of hydrogen-bond donors (Lipinski definition) is 1. The van der Waals surface area contributed by atoms with Crippen molar-refractivity contribution in [2.45, 2.75) is 13.5 Å². The van der Waals surface area contributed by atoms with Crippen molar-refractivity contribution in [3.63, 3.8) is 0 Å². The molecule has 0 fully saturated rings. The Kier molecular flexibility index (Phi) is 4.37. The molecule has 1 amide bonds. The van der Waals surface area contributed by atoms with Crippen LogP contribution in [0.1, 0.15) is 21.7 Å². The van der Waals surface area contributed by atoms with Gasteiger partial charge in [-0.25, -0.2) is 9.97 Å². The summed E-state index contributed by atoms with van der Waals surface area (Å²) in [5, 5.41) is 4.87. The first-order chi connectivity index (χ1) is 12.7. The van der Waals surface area contributed by atoms with Gasteiger partial charge in [0.1, 0.15) is 12.4 Å². The fraction of sp³-hybridized carbons (Fsp3) is 0.105. The minimum absolute atomic E-state index is 0.192. The second-order valence-electron chi connectivity index (χ2n) is 5.74. The van der Waals surface area contributed by atoms with Crippen LogP contribution in [0.15, 0.2) is 59.8 Å². The molecule has 0 saturated heterocycles. The van der Waals surface area contributed by atoms with Gasteiger partial charge in [0.05, 0.1) is 40.5 Å². The average molecular weight is 364 g/mol. The van der Waals surface area contributed by atoms with Crippen LogP contribution in [0.5, 0.6) is 5.75 Å². The van der Waals surface area contributed by atoms with Crippen LogP contribution in [-0.4, -0.2) is 20.3 Å². The van der Waals surface area contributed by atoms with Crippen LogP contribution in [0.25, 0.3) is 5.52 Å². The number of anilines is 1. The van der Waals surface area contributed by atoms with Gasteiger partial charge in [-0.05, 0) is 31.2 Å². The molecule has 0 radical (unpaired) electrons. The molecular formula is C19H16N4O2S. The number of hydrogen-bond acceptors (Lipinski definition) is 5. The molecular weight excluding hydrogens is 348 g/mol. The molecule has 3 aromatic heterocycles. The summed E-state index contributed by atoms with van der Waals surface area (Å²) in [6, 6.07) is 11.1. The smallest absolute Gasteiger partial charge is 0.257 e. The molecule has 4 aromatic rings. The van der Waals surface area contributed by atoms with Gasteiger partial charge in [-0.1, -0.05) is 12.1 Å². The Hall–Kier alpha value is -3.19. The molecule has 1 aromatic carbocycles. The Morgan fingerprint density at radius 2 is 2.15 bits per heavy atom. The number of carbonyl (C=O) groups excluding carboxylic acids is 1. The lowest BCUT2D eigenvalue weighted by Gasteiger charge is -2.13. The van der Waals surface area contributed by atoms with Crippen molar-refractivity contribution in [2.75, 3.05) is 5.32 Å². The zero-order valence-corrected chi connectivity index (χ0v) is 14.9. The number of aromatic nitrogens is 3. The summed E-state index contributed by atoms with van der Waals surface area (Å²) >= 11 is 1.52. The molecule has 0 atom stereocenters. The maximum Gasteiger partial charge on any atom is 0.257 e. The second kappa shape index (κ2) is 6.97. The normalized spacial score (nSPS) is 10.8. The average Bonchev–Trinajstić information content (AvgIpc) is 3.33. The number of nitrogens with zero attached hydrogens (tertiary/aromatic N) is 3. The Labute approximate surface area is 154 Å². The van der Waals surface area contributed by atoms with E-state index in [2.05, 4.69) is 15.3 Å². The highest BCUT2D eigenvalue weighted by atomic mass is 32.1. The van der Waals surface area contributed by atoms with Gasteiger partial charge in [0.15, 0.2) is 0 Å². The van der Waals surface area contributed by atoms with Crippen molar-refractivity contribution >= 4 is 28.4 Å². The monoisotopic (exact) mass is 364 g/mol. The highest BCUT2D eigenvalue weighted by molar-refractivity contribution is 7.07. The first-order valence-corrected chi connectivity index (χ1v) is 8.98. The molecule has 0 bridgehead atoms. The lowest BCUT2D eigenvalue weighted by Crippen LogP contribution is -2.15. The van der Waals surface area contributed by atoms with Gasteiger partial charge in [-0.3, -0.25) is 4.79 Å². The topological polar surface area (TPSA) is 68.5 Å². The minimum atomic E-state index is -0.192. The van der Waals surface area contributed by atoms with Crippen LogP contribution in [-0.2, 0) is 6.61 Å². The van der Waals surface area contributed by atoms with Crippen LogP contribution >= 0.6 is 11.3 Å². The molecule has 0 saturated carbocycles. The van der Waals surface area contributed by atoms with Gasteiger partial charge in [0, 0.05) is 11.1 Å². The Morgan fingerprint density at radius 1 is 1.27 bits per heavy atom.